The smallest absolute Gasteiger partial charge is 0.160 e. The van der Waals surface area contributed by atoms with Crippen molar-refractivity contribution in [2.45, 2.75) is 13.3 Å². The van der Waals surface area contributed by atoms with E-state index in [2.05, 4.69) is 109 Å². The predicted molar refractivity (Wildman–Crippen MR) is 201 cm³/mol. The van der Waals surface area contributed by atoms with Crippen LogP contribution in [-0.4, -0.2) is 16.1 Å². The van der Waals surface area contributed by atoms with E-state index in [1.54, 1.807) is 0 Å². The van der Waals surface area contributed by atoms with Gasteiger partial charge in [0.05, 0.1) is 27.5 Å². The second-order valence-corrected chi connectivity index (χ2v) is 12.7. The first-order valence-corrected chi connectivity index (χ1v) is 16.6. The van der Waals surface area contributed by atoms with Crippen LogP contribution in [0.2, 0.25) is 5.02 Å². The monoisotopic (exact) mass is 639 g/mol. The lowest BCUT2D eigenvalue weighted by molar-refractivity contribution is 0.669. The summed E-state index contributed by atoms with van der Waals surface area (Å²) in [6, 6.07) is 48.1. The van der Waals surface area contributed by atoms with Gasteiger partial charge in [0.1, 0.15) is 11.2 Å². The molecule has 0 amide bonds. The number of furan rings is 1. The topological polar surface area (TPSA) is 42.8 Å². The summed E-state index contributed by atoms with van der Waals surface area (Å²) >= 11 is 7.19. The van der Waals surface area contributed by atoms with Crippen LogP contribution < -0.4 is 0 Å². The highest BCUT2D eigenvalue weighted by molar-refractivity contribution is 6.39. The molecule has 0 saturated heterocycles. The Labute approximate surface area is 282 Å². The van der Waals surface area contributed by atoms with E-state index in [0.29, 0.717) is 10.9 Å². The Hall–Kier alpha value is -5.71. The summed E-state index contributed by atoms with van der Waals surface area (Å²) in [5, 5.41) is 4.98. The minimum Gasteiger partial charge on any atom is -0.456 e. The van der Waals surface area contributed by atoms with E-state index in [1.807, 2.05) is 48.5 Å². The number of allylic oxidation sites excluding steroid dienone is 1. The van der Waals surface area contributed by atoms with Gasteiger partial charge in [0, 0.05) is 44.3 Å². The molecule has 8 aromatic rings. The summed E-state index contributed by atoms with van der Waals surface area (Å²) in [5.74, 6) is 0.763. The number of aliphatic imine (C=N–C) groups is 2. The van der Waals surface area contributed by atoms with Gasteiger partial charge in [-0.1, -0.05) is 122 Å². The molecule has 1 aliphatic rings. The van der Waals surface area contributed by atoms with Crippen LogP contribution in [0.3, 0.4) is 0 Å². The van der Waals surface area contributed by atoms with Crippen molar-refractivity contribution >= 4 is 72.6 Å². The van der Waals surface area contributed by atoms with E-state index in [4.69, 9.17) is 26.0 Å². The number of hydrogen-bond donors (Lipinski definition) is 0. The number of rotatable bonds is 4. The molecule has 0 spiro atoms. The molecule has 0 bridgehead atoms. The number of nitrogens with zero attached hydrogens (tertiary/aromatic N) is 3. The molecule has 1 unspecified atom stereocenters. The van der Waals surface area contributed by atoms with Crippen molar-refractivity contribution in [2.75, 3.05) is 0 Å². The van der Waals surface area contributed by atoms with E-state index in [1.165, 1.54) is 16.3 Å². The Morgan fingerprint density at radius 1 is 0.646 bits per heavy atom. The average molecular weight is 640 g/mol. The first-order valence-electron chi connectivity index (χ1n) is 16.3. The maximum atomic E-state index is 7.19. The van der Waals surface area contributed by atoms with Crippen LogP contribution in [0.25, 0.3) is 55.1 Å². The number of para-hydroxylation sites is 3. The lowest BCUT2D eigenvalue weighted by atomic mass is 9.92. The molecule has 0 radical (unpaired) electrons. The minimum atomic E-state index is 0.110. The third-order valence-electron chi connectivity index (χ3n) is 9.36. The Kier molecular flexibility index (Phi) is 6.84. The predicted octanol–water partition coefficient (Wildman–Crippen LogP) is 11.7. The summed E-state index contributed by atoms with van der Waals surface area (Å²) < 4.78 is 8.47. The van der Waals surface area contributed by atoms with E-state index in [-0.39, 0.29) is 5.92 Å². The first-order chi connectivity index (χ1) is 23.6. The van der Waals surface area contributed by atoms with E-state index in [0.717, 1.165) is 67.7 Å². The second kappa shape index (κ2) is 11.5. The molecular formula is C43H30ClN3O. The lowest BCUT2D eigenvalue weighted by Gasteiger charge is -2.19. The standard InChI is InChI=1S/C43H30ClN3O/c1-27-20-24-35(33-23-25-39-40(41(33)44)34-17-9-11-19-38(34)48-39)45-43(28-12-4-2-5-13-28)46-42(27)29-21-22-32-31-16-8-10-18-36(31)47(37(32)26-29)30-14-6-3-7-15-30/h2-19,21-27H,20H2,1H3/b35-24+,45-43-,46-42+. The van der Waals surface area contributed by atoms with Crippen LogP contribution in [-0.2, 0) is 0 Å². The van der Waals surface area contributed by atoms with Gasteiger partial charge in [-0.2, -0.15) is 0 Å². The average Bonchev–Trinajstić information content (AvgIpc) is 3.67. The van der Waals surface area contributed by atoms with Crippen molar-refractivity contribution in [3.63, 3.8) is 0 Å². The fourth-order valence-corrected chi connectivity index (χ4v) is 7.36. The van der Waals surface area contributed by atoms with Crippen molar-refractivity contribution in [3.05, 3.63) is 167 Å². The number of fused-ring (bicyclic) bond motifs is 6. The van der Waals surface area contributed by atoms with Crippen LogP contribution in [0.1, 0.15) is 30.0 Å². The molecule has 230 valence electrons. The van der Waals surface area contributed by atoms with Gasteiger partial charge in [-0.15, -0.1) is 0 Å². The maximum Gasteiger partial charge on any atom is 0.160 e. The summed E-state index contributed by atoms with van der Waals surface area (Å²) in [4.78, 5) is 10.6. The SMILES string of the molecule is CC1C/C=C(c2ccc3oc4ccccc4c3c2Cl)/N=C(c2ccccc2)\N=C/1c1ccc2c3ccccc3n(-c3ccccc3)c2c1. The Bertz CT molecular complexity index is 2610. The molecule has 1 atom stereocenters. The Balaban J connectivity index is 1.23. The minimum absolute atomic E-state index is 0.110. The molecule has 0 aliphatic carbocycles. The molecule has 1 aliphatic heterocycles. The van der Waals surface area contributed by atoms with Gasteiger partial charge in [-0.3, -0.25) is 0 Å². The summed E-state index contributed by atoms with van der Waals surface area (Å²) in [6.07, 6.45) is 2.96. The highest BCUT2D eigenvalue weighted by Crippen LogP contribution is 2.40. The van der Waals surface area contributed by atoms with Gasteiger partial charge in [0.15, 0.2) is 5.84 Å². The van der Waals surface area contributed by atoms with Crippen LogP contribution in [0.4, 0.5) is 0 Å². The fourth-order valence-electron chi connectivity index (χ4n) is 7.00. The van der Waals surface area contributed by atoms with Crippen molar-refractivity contribution in [2.24, 2.45) is 15.9 Å². The number of hydrogen-bond acceptors (Lipinski definition) is 3. The first kappa shape index (κ1) is 28.5. The Morgan fingerprint density at radius 3 is 2.19 bits per heavy atom. The molecule has 0 saturated carbocycles. The quantitative estimate of drug-likeness (QED) is 0.189. The third kappa shape index (κ3) is 4.68. The van der Waals surface area contributed by atoms with Gasteiger partial charge >= 0.3 is 0 Å². The second-order valence-electron chi connectivity index (χ2n) is 12.3. The molecule has 4 nitrogen and oxygen atoms in total. The fraction of sp³-hybridized carbons (Fsp3) is 0.0698. The molecule has 0 N–H and O–H groups in total. The van der Waals surface area contributed by atoms with Gasteiger partial charge < -0.3 is 8.98 Å². The zero-order valence-electron chi connectivity index (χ0n) is 26.3. The maximum absolute atomic E-state index is 7.19. The summed E-state index contributed by atoms with van der Waals surface area (Å²) in [5.41, 5.74) is 9.75. The number of amidine groups is 1. The molecule has 9 rings (SSSR count). The third-order valence-corrected chi connectivity index (χ3v) is 9.75. The molecule has 6 aromatic carbocycles. The number of benzene rings is 6. The van der Waals surface area contributed by atoms with Crippen LogP contribution in [0.15, 0.2) is 160 Å². The van der Waals surface area contributed by atoms with E-state index in [9.17, 15) is 0 Å². The van der Waals surface area contributed by atoms with Gasteiger partial charge in [0.25, 0.3) is 0 Å². The number of aromatic nitrogens is 1. The van der Waals surface area contributed by atoms with Gasteiger partial charge in [0.2, 0.25) is 0 Å². The zero-order chi connectivity index (χ0) is 32.2. The van der Waals surface area contributed by atoms with Crippen molar-refractivity contribution < 1.29 is 4.42 Å². The van der Waals surface area contributed by atoms with Crippen molar-refractivity contribution in [1.82, 2.24) is 4.57 Å². The lowest BCUT2D eigenvalue weighted by Crippen LogP contribution is -2.17. The molecule has 0 fully saturated rings. The molecular weight excluding hydrogens is 610 g/mol. The zero-order valence-corrected chi connectivity index (χ0v) is 27.0. The van der Waals surface area contributed by atoms with Crippen molar-refractivity contribution in [1.29, 1.82) is 0 Å². The molecule has 3 heterocycles. The van der Waals surface area contributed by atoms with E-state index < -0.39 is 0 Å². The molecule has 48 heavy (non-hydrogen) atoms. The van der Waals surface area contributed by atoms with Crippen LogP contribution >= 0.6 is 11.6 Å². The number of halogens is 1. The largest absolute Gasteiger partial charge is 0.456 e. The van der Waals surface area contributed by atoms with Crippen LogP contribution in [0.5, 0.6) is 0 Å². The summed E-state index contributed by atoms with van der Waals surface area (Å²) in [6.45, 7) is 2.24. The molecule has 2 aromatic heterocycles. The van der Waals surface area contributed by atoms with Crippen LogP contribution in [0, 0.1) is 5.92 Å². The van der Waals surface area contributed by atoms with Gasteiger partial charge in [-0.05, 0) is 54.4 Å². The van der Waals surface area contributed by atoms with E-state index >= 15 is 0 Å². The van der Waals surface area contributed by atoms with Crippen molar-refractivity contribution in [3.8, 4) is 5.69 Å². The Morgan fingerprint density at radius 2 is 1.35 bits per heavy atom. The highest BCUT2D eigenvalue weighted by Gasteiger charge is 2.22. The normalized spacial score (nSPS) is 18.6. The van der Waals surface area contributed by atoms with Gasteiger partial charge in [-0.25, -0.2) is 9.98 Å². The highest BCUT2D eigenvalue weighted by atomic mass is 35.5. The molecule has 5 heteroatoms. The summed E-state index contributed by atoms with van der Waals surface area (Å²) in [7, 11) is 0.